The first kappa shape index (κ1) is 13.5. The lowest BCUT2D eigenvalue weighted by Crippen LogP contribution is -2.46. The quantitative estimate of drug-likeness (QED) is 0.790. The van der Waals surface area contributed by atoms with Crippen LogP contribution in [0.1, 0.15) is 40.0 Å². The summed E-state index contributed by atoms with van der Waals surface area (Å²) in [7, 11) is 1.62. The molecule has 1 saturated heterocycles. The summed E-state index contributed by atoms with van der Waals surface area (Å²) >= 11 is 0. The molecule has 0 aliphatic carbocycles. The molecule has 1 fully saturated rings. The number of rotatable bonds is 3. The maximum absolute atomic E-state index is 11.9. The summed E-state index contributed by atoms with van der Waals surface area (Å²) in [6, 6.07) is 0. The second kappa shape index (κ2) is 4.72. The SMILES string of the molecule is COC(C)(C)CC(=O)N1CCC(C)(O)CC1. The summed E-state index contributed by atoms with van der Waals surface area (Å²) in [4.78, 5) is 13.8. The van der Waals surface area contributed by atoms with E-state index in [-0.39, 0.29) is 5.91 Å². The van der Waals surface area contributed by atoms with E-state index in [1.807, 2.05) is 25.7 Å². The van der Waals surface area contributed by atoms with Crippen LogP contribution in [0.2, 0.25) is 0 Å². The number of carbonyl (C=O) groups excluding carboxylic acids is 1. The van der Waals surface area contributed by atoms with E-state index in [0.29, 0.717) is 32.4 Å². The van der Waals surface area contributed by atoms with E-state index in [4.69, 9.17) is 4.74 Å². The zero-order valence-corrected chi connectivity index (χ0v) is 10.7. The molecular weight excluding hydrogens is 206 g/mol. The fourth-order valence-electron chi connectivity index (χ4n) is 1.79. The minimum atomic E-state index is -0.604. The Morgan fingerprint density at radius 2 is 1.94 bits per heavy atom. The molecule has 16 heavy (non-hydrogen) atoms. The largest absolute Gasteiger partial charge is 0.390 e. The number of likely N-dealkylation sites (tertiary alicyclic amines) is 1. The maximum atomic E-state index is 11.9. The van der Waals surface area contributed by atoms with Gasteiger partial charge in [-0.25, -0.2) is 0 Å². The molecule has 94 valence electrons. The van der Waals surface area contributed by atoms with Crippen molar-refractivity contribution >= 4 is 5.91 Å². The number of amides is 1. The molecule has 1 aliphatic rings. The van der Waals surface area contributed by atoms with Crippen LogP contribution in [-0.4, -0.2) is 47.3 Å². The van der Waals surface area contributed by atoms with E-state index in [9.17, 15) is 9.90 Å². The van der Waals surface area contributed by atoms with Gasteiger partial charge in [-0.2, -0.15) is 0 Å². The Morgan fingerprint density at radius 3 is 2.38 bits per heavy atom. The van der Waals surface area contributed by atoms with Crippen LogP contribution < -0.4 is 0 Å². The molecule has 0 bridgehead atoms. The molecule has 0 saturated carbocycles. The van der Waals surface area contributed by atoms with Crippen LogP contribution in [0.5, 0.6) is 0 Å². The third-order valence-electron chi connectivity index (χ3n) is 3.32. The monoisotopic (exact) mass is 229 g/mol. The average molecular weight is 229 g/mol. The molecule has 0 aromatic carbocycles. The standard InChI is InChI=1S/C12H23NO3/c1-11(2,16-4)9-10(14)13-7-5-12(3,15)6-8-13/h15H,5-9H2,1-4H3. The molecule has 1 aliphatic heterocycles. The van der Waals surface area contributed by atoms with Crippen LogP contribution >= 0.6 is 0 Å². The highest BCUT2D eigenvalue weighted by molar-refractivity contribution is 5.77. The van der Waals surface area contributed by atoms with Crippen molar-refractivity contribution in [2.75, 3.05) is 20.2 Å². The van der Waals surface area contributed by atoms with Gasteiger partial charge in [0.1, 0.15) is 0 Å². The van der Waals surface area contributed by atoms with Crippen LogP contribution in [0, 0.1) is 0 Å². The number of hydrogen-bond donors (Lipinski definition) is 1. The Bertz CT molecular complexity index is 251. The summed E-state index contributed by atoms with van der Waals surface area (Å²) in [5.41, 5.74) is -1.01. The lowest BCUT2D eigenvalue weighted by Gasteiger charge is -2.37. The number of methoxy groups -OCH3 is 1. The van der Waals surface area contributed by atoms with Gasteiger partial charge in [-0.05, 0) is 33.6 Å². The predicted octanol–water partition coefficient (Wildman–Crippen LogP) is 1.17. The number of hydrogen-bond acceptors (Lipinski definition) is 3. The molecule has 0 radical (unpaired) electrons. The van der Waals surface area contributed by atoms with E-state index in [2.05, 4.69) is 0 Å². The summed E-state index contributed by atoms with van der Waals surface area (Å²) in [5.74, 6) is 0.113. The third kappa shape index (κ3) is 3.76. The molecule has 0 unspecified atom stereocenters. The third-order valence-corrected chi connectivity index (χ3v) is 3.32. The van der Waals surface area contributed by atoms with Crippen molar-refractivity contribution in [2.24, 2.45) is 0 Å². The van der Waals surface area contributed by atoms with Crippen LogP contribution in [0.3, 0.4) is 0 Å². The minimum Gasteiger partial charge on any atom is -0.390 e. The lowest BCUT2D eigenvalue weighted by molar-refractivity contribution is -0.140. The normalized spacial score (nSPS) is 20.9. The fraction of sp³-hybridized carbons (Fsp3) is 0.917. The van der Waals surface area contributed by atoms with Crippen molar-refractivity contribution in [3.8, 4) is 0 Å². The first-order valence-electron chi connectivity index (χ1n) is 5.81. The zero-order chi connectivity index (χ0) is 12.4. The van der Waals surface area contributed by atoms with Crippen molar-refractivity contribution in [2.45, 2.75) is 51.2 Å². The van der Waals surface area contributed by atoms with Gasteiger partial charge in [0.2, 0.25) is 5.91 Å². The first-order valence-corrected chi connectivity index (χ1v) is 5.81. The molecule has 4 heteroatoms. The first-order chi connectivity index (χ1) is 7.26. The second-order valence-electron chi connectivity index (χ2n) is 5.52. The summed E-state index contributed by atoms with van der Waals surface area (Å²) in [6.45, 7) is 6.93. The summed E-state index contributed by atoms with van der Waals surface area (Å²) in [6.07, 6.45) is 1.71. The van der Waals surface area contributed by atoms with Gasteiger partial charge in [-0.15, -0.1) is 0 Å². The van der Waals surface area contributed by atoms with Crippen molar-refractivity contribution < 1.29 is 14.6 Å². The zero-order valence-electron chi connectivity index (χ0n) is 10.7. The van der Waals surface area contributed by atoms with Gasteiger partial charge in [-0.1, -0.05) is 0 Å². The van der Waals surface area contributed by atoms with Crippen LogP contribution in [0.15, 0.2) is 0 Å². The van der Waals surface area contributed by atoms with E-state index >= 15 is 0 Å². The number of aliphatic hydroxyl groups is 1. The van der Waals surface area contributed by atoms with Crippen molar-refractivity contribution in [3.05, 3.63) is 0 Å². The molecule has 1 rings (SSSR count). The van der Waals surface area contributed by atoms with Gasteiger partial charge in [0, 0.05) is 20.2 Å². The van der Waals surface area contributed by atoms with E-state index < -0.39 is 11.2 Å². The second-order valence-corrected chi connectivity index (χ2v) is 5.52. The Kier molecular flexibility index (Phi) is 3.97. The lowest BCUT2D eigenvalue weighted by atomic mass is 9.93. The van der Waals surface area contributed by atoms with Crippen molar-refractivity contribution in [1.82, 2.24) is 4.90 Å². The maximum Gasteiger partial charge on any atom is 0.225 e. The number of nitrogens with zero attached hydrogens (tertiary/aromatic N) is 1. The predicted molar refractivity (Wildman–Crippen MR) is 62.1 cm³/mol. The number of piperidine rings is 1. The molecule has 1 amide bonds. The average Bonchev–Trinajstić information content (AvgIpc) is 2.16. The molecular formula is C12H23NO3. The molecule has 1 heterocycles. The molecule has 0 atom stereocenters. The molecule has 0 aromatic heterocycles. The Labute approximate surface area is 97.6 Å². The van der Waals surface area contributed by atoms with Crippen LogP contribution in [-0.2, 0) is 9.53 Å². The Morgan fingerprint density at radius 1 is 1.44 bits per heavy atom. The highest BCUT2D eigenvalue weighted by Gasteiger charge is 2.31. The van der Waals surface area contributed by atoms with Crippen molar-refractivity contribution in [3.63, 3.8) is 0 Å². The highest BCUT2D eigenvalue weighted by Crippen LogP contribution is 2.23. The number of carbonyl (C=O) groups is 1. The summed E-state index contributed by atoms with van der Waals surface area (Å²) in [5, 5.41) is 9.79. The topological polar surface area (TPSA) is 49.8 Å². The summed E-state index contributed by atoms with van der Waals surface area (Å²) < 4.78 is 5.24. The van der Waals surface area contributed by atoms with Gasteiger partial charge in [0.15, 0.2) is 0 Å². The smallest absolute Gasteiger partial charge is 0.225 e. The Balaban J connectivity index is 2.45. The minimum absolute atomic E-state index is 0.113. The molecule has 0 aromatic rings. The fourth-order valence-corrected chi connectivity index (χ4v) is 1.79. The van der Waals surface area contributed by atoms with Crippen LogP contribution in [0.25, 0.3) is 0 Å². The van der Waals surface area contributed by atoms with Gasteiger partial charge in [0.05, 0.1) is 17.6 Å². The highest BCUT2D eigenvalue weighted by atomic mass is 16.5. The molecule has 0 spiro atoms. The molecule has 1 N–H and O–H groups in total. The van der Waals surface area contributed by atoms with Gasteiger partial charge < -0.3 is 14.7 Å². The number of ether oxygens (including phenoxy) is 1. The molecule has 4 nitrogen and oxygen atoms in total. The van der Waals surface area contributed by atoms with Gasteiger partial charge in [0.25, 0.3) is 0 Å². The van der Waals surface area contributed by atoms with Gasteiger partial charge in [-0.3, -0.25) is 4.79 Å². The van der Waals surface area contributed by atoms with Crippen LogP contribution in [0.4, 0.5) is 0 Å². The van der Waals surface area contributed by atoms with Crippen molar-refractivity contribution in [1.29, 1.82) is 0 Å². The Hall–Kier alpha value is -0.610. The van der Waals surface area contributed by atoms with E-state index in [1.54, 1.807) is 7.11 Å². The van der Waals surface area contributed by atoms with E-state index in [0.717, 1.165) is 0 Å². The van der Waals surface area contributed by atoms with Gasteiger partial charge >= 0.3 is 0 Å². The van der Waals surface area contributed by atoms with E-state index in [1.165, 1.54) is 0 Å².